The molecule has 0 amide bonds. The van der Waals surface area contributed by atoms with Gasteiger partial charge in [0.25, 0.3) is 0 Å². The maximum Gasteiger partial charge on any atom is 0.231 e. The van der Waals surface area contributed by atoms with Crippen molar-refractivity contribution in [3.63, 3.8) is 0 Å². The molecule has 0 bridgehead atoms. The number of aromatic nitrogens is 5. The van der Waals surface area contributed by atoms with E-state index in [0.717, 1.165) is 58.1 Å². The number of benzene rings is 1. The molecule has 32 heavy (non-hydrogen) atoms. The lowest BCUT2D eigenvalue weighted by atomic mass is 10.1. The van der Waals surface area contributed by atoms with Crippen LogP contribution in [0.3, 0.4) is 0 Å². The third-order valence-electron chi connectivity index (χ3n) is 5.98. The first-order chi connectivity index (χ1) is 15.6. The van der Waals surface area contributed by atoms with Crippen LogP contribution in [-0.4, -0.2) is 55.9 Å². The van der Waals surface area contributed by atoms with Crippen molar-refractivity contribution in [3.8, 4) is 11.4 Å². The van der Waals surface area contributed by atoms with Crippen LogP contribution in [0.2, 0.25) is 0 Å². The number of nitrogens with one attached hydrogen (secondary N) is 1. The number of imidazole rings is 1. The number of ether oxygens (including phenoxy) is 1. The molecule has 166 valence electrons. The Balaban J connectivity index is 1.46. The van der Waals surface area contributed by atoms with Crippen LogP contribution in [0.15, 0.2) is 30.2 Å². The second-order valence-electron chi connectivity index (χ2n) is 7.93. The minimum atomic E-state index is 0.0571. The second kappa shape index (κ2) is 8.36. The van der Waals surface area contributed by atoms with Crippen LogP contribution in [0.5, 0.6) is 5.75 Å². The number of nitrogens with zero attached hydrogens (tertiary/aromatic N) is 6. The van der Waals surface area contributed by atoms with E-state index in [2.05, 4.69) is 38.2 Å². The maximum absolute atomic E-state index is 9.77. The molecule has 0 spiro atoms. The van der Waals surface area contributed by atoms with Gasteiger partial charge in [0.05, 0.1) is 37.2 Å². The standard InChI is InChI=1S/C22H25N7O2S/c1-13-7-16(8-17(31-3)14(13)2)28-9-18(23-11-28)25-22-26-20(19-21(27-22)32-12-24-19)29-6-4-5-15(29)10-30/h7-9,11-12,15,30H,4-6,10H2,1-3H3,(H,25,26,27)/t15-/m1/s1. The summed E-state index contributed by atoms with van der Waals surface area (Å²) in [5.74, 6) is 2.70. The minimum absolute atomic E-state index is 0.0571. The number of thiazole rings is 1. The minimum Gasteiger partial charge on any atom is -0.496 e. The molecule has 4 heterocycles. The number of aliphatic hydroxyl groups excluding tert-OH is 1. The Morgan fingerprint density at radius 2 is 2.12 bits per heavy atom. The van der Waals surface area contributed by atoms with Crippen molar-refractivity contribution in [2.24, 2.45) is 0 Å². The molecule has 0 aliphatic carbocycles. The van der Waals surface area contributed by atoms with E-state index in [0.29, 0.717) is 11.8 Å². The van der Waals surface area contributed by atoms with Crippen LogP contribution in [0.25, 0.3) is 16.0 Å². The zero-order valence-electron chi connectivity index (χ0n) is 18.2. The Bertz CT molecular complexity index is 1270. The molecule has 1 fully saturated rings. The first kappa shape index (κ1) is 20.7. The van der Waals surface area contributed by atoms with Gasteiger partial charge < -0.3 is 24.6 Å². The van der Waals surface area contributed by atoms with Crippen LogP contribution in [0.1, 0.15) is 24.0 Å². The summed E-state index contributed by atoms with van der Waals surface area (Å²) < 4.78 is 7.44. The Labute approximate surface area is 189 Å². The SMILES string of the molecule is COc1cc(-n2cnc(Nc3nc(N4CCC[C@@H]4CO)c4ncsc4n3)c2)cc(C)c1C. The van der Waals surface area contributed by atoms with Crippen LogP contribution in [-0.2, 0) is 0 Å². The second-order valence-corrected chi connectivity index (χ2v) is 8.76. The molecule has 3 aromatic heterocycles. The van der Waals surface area contributed by atoms with Gasteiger partial charge in [-0.05, 0) is 43.9 Å². The summed E-state index contributed by atoms with van der Waals surface area (Å²) in [7, 11) is 1.68. The lowest BCUT2D eigenvalue weighted by Crippen LogP contribution is -2.33. The molecule has 5 rings (SSSR count). The normalized spacial score (nSPS) is 16.1. The average Bonchev–Trinajstić information content (AvgIpc) is 3.55. The molecule has 1 saturated heterocycles. The summed E-state index contributed by atoms with van der Waals surface area (Å²) in [5.41, 5.74) is 5.78. The van der Waals surface area contributed by atoms with Gasteiger partial charge >= 0.3 is 0 Å². The van der Waals surface area contributed by atoms with E-state index in [1.807, 2.05) is 23.8 Å². The predicted molar refractivity (Wildman–Crippen MR) is 126 cm³/mol. The molecule has 9 nitrogen and oxygen atoms in total. The smallest absolute Gasteiger partial charge is 0.231 e. The molecule has 0 saturated carbocycles. The highest BCUT2D eigenvalue weighted by Gasteiger charge is 2.28. The molecule has 1 aliphatic rings. The largest absolute Gasteiger partial charge is 0.496 e. The summed E-state index contributed by atoms with van der Waals surface area (Å²) in [6.07, 6.45) is 5.61. The van der Waals surface area contributed by atoms with Gasteiger partial charge in [-0.25, -0.2) is 9.97 Å². The van der Waals surface area contributed by atoms with Gasteiger partial charge in [0.15, 0.2) is 16.5 Å². The van der Waals surface area contributed by atoms with Gasteiger partial charge in [-0.3, -0.25) is 0 Å². The maximum atomic E-state index is 9.77. The number of aryl methyl sites for hydroxylation is 1. The predicted octanol–water partition coefficient (Wildman–Crippen LogP) is 3.60. The number of hydrogen-bond donors (Lipinski definition) is 2. The number of anilines is 3. The van der Waals surface area contributed by atoms with Crippen molar-refractivity contribution < 1.29 is 9.84 Å². The fourth-order valence-corrected chi connectivity index (χ4v) is 4.77. The summed E-state index contributed by atoms with van der Waals surface area (Å²) in [6.45, 7) is 5.06. The highest BCUT2D eigenvalue weighted by Crippen LogP contribution is 2.32. The Morgan fingerprint density at radius 1 is 1.25 bits per heavy atom. The topological polar surface area (TPSA) is 101 Å². The van der Waals surface area contributed by atoms with Crippen LogP contribution < -0.4 is 15.0 Å². The molecule has 2 N–H and O–H groups in total. The Hall–Kier alpha value is -3.24. The molecule has 0 radical (unpaired) electrons. The van der Waals surface area contributed by atoms with Gasteiger partial charge in [-0.2, -0.15) is 9.97 Å². The zero-order valence-corrected chi connectivity index (χ0v) is 19.1. The third kappa shape index (κ3) is 3.65. The van der Waals surface area contributed by atoms with Crippen molar-refractivity contribution in [3.05, 3.63) is 41.3 Å². The number of rotatable bonds is 6. The van der Waals surface area contributed by atoms with Crippen molar-refractivity contribution in [1.29, 1.82) is 0 Å². The van der Waals surface area contributed by atoms with Gasteiger partial charge in [-0.15, -0.1) is 11.3 Å². The monoisotopic (exact) mass is 451 g/mol. The summed E-state index contributed by atoms with van der Waals surface area (Å²) in [5, 5.41) is 13.0. The van der Waals surface area contributed by atoms with E-state index < -0.39 is 0 Å². The fourth-order valence-electron chi connectivity index (χ4n) is 4.12. The van der Waals surface area contributed by atoms with Crippen molar-refractivity contribution in [2.75, 3.05) is 30.5 Å². The lowest BCUT2D eigenvalue weighted by Gasteiger charge is -2.24. The van der Waals surface area contributed by atoms with Gasteiger partial charge in [0, 0.05) is 12.6 Å². The molecule has 1 atom stereocenters. The van der Waals surface area contributed by atoms with Crippen LogP contribution >= 0.6 is 11.3 Å². The van der Waals surface area contributed by atoms with Crippen LogP contribution in [0, 0.1) is 13.8 Å². The van der Waals surface area contributed by atoms with Crippen molar-refractivity contribution in [2.45, 2.75) is 32.7 Å². The highest BCUT2D eigenvalue weighted by atomic mass is 32.1. The van der Waals surface area contributed by atoms with Crippen molar-refractivity contribution in [1.82, 2.24) is 24.5 Å². The van der Waals surface area contributed by atoms with Gasteiger partial charge in [0.2, 0.25) is 5.95 Å². The third-order valence-corrected chi connectivity index (χ3v) is 6.70. The first-order valence-corrected chi connectivity index (χ1v) is 11.4. The Kier molecular flexibility index (Phi) is 5.40. The Morgan fingerprint density at radius 3 is 2.94 bits per heavy atom. The van der Waals surface area contributed by atoms with E-state index in [1.165, 1.54) is 11.3 Å². The fraction of sp³-hybridized carbons (Fsp3) is 0.364. The molecule has 4 aromatic rings. The van der Waals surface area contributed by atoms with E-state index in [4.69, 9.17) is 9.72 Å². The number of hydrogen-bond acceptors (Lipinski definition) is 9. The highest BCUT2D eigenvalue weighted by molar-refractivity contribution is 7.16. The summed E-state index contributed by atoms with van der Waals surface area (Å²) in [6, 6.07) is 4.15. The van der Waals surface area contributed by atoms with Gasteiger partial charge in [-0.1, -0.05) is 0 Å². The number of methoxy groups -OCH3 is 1. The van der Waals surface area contributed by atoms with E-state index in [9.17, 15) is 5.11 Å². The molecular formula is C22H25N7O2S. The first-order valence-electron chi connectivity index (χ1n) is 10.5. The zero-order chi connectivity index (χ0) is 22.2. The average molecular weight is 452 g/mol. The summed E-state index contributed by atoms with van der Waals surface area (Å²) in [4.78, 5) is 21.3. The number of fused-ring (bicyclic) bond motifs is 1. The quantitative estimate of drug-likeness (QED) is 0.459. The molecule has 1 aliphatic heterocycles. The van der Waals surface area contributed by atoms with E-state index in [-0.39, 0.29) is 12.6 Å². The summed E-state index contributed by atoms with van der Waals surface area (Å²) >= 11 is 1.47. The molecular weight excluding hydrogens is 426 g/mol. The van der Waals surface area contributed by atoms with Crippen molar-refractivity contribution >= 4 is 39.3 Å². The van der Waals surface area contributed by atoms with E-state index >= 15 is 0 Å². The lowest BCUT2D eigenvalue weighted by molar-refractivity contribution is 0.266. The molecule has 1 aromatic carbocycles. The molecule has 0 unspecified atom stereocenters. The molecule has 10 heteroatoms. The van der Waals surface area contributed by atoms with E-state index in [1.54, 1.807) is 18.9 Å². The van der Waals surface area contributed by atoms with Gasteiger partial charge in [0.1, 0.15) is 17.6 Å². The number of aliphatic hydroxyl groups is 1. The van der Waals surface area contributed by atoms with Crippen LogP contribution in [0.4, 0.5) is 17.6 Å².